The highest BCUT2D eigenvalue weighted by atomic mass is 16.5. The number of anilines is 1. The Balaban J connectivity index is 2.56. The van der Waals surface area contributed by atoms with Crippen LogP contribution in [-0.2, 0) is 15.9 Å². The molecule has 108 valence electrons. The number of nitrogen functional groups attached to an aromatic ring is 1. The average Bonchev–Trinajstić information content (AvgIpc) is 2.38. The van der Waals surface area contributed by atoms with Crippen molar-refractivity contribution >= 4 is 5.69 Å². The Morgan fingerprint density at radius 3 is 2.32 bits per heavy atom. The zero-order valence-electron chi connectivity index (χ0n) is 12.3. The SMILES string of the molecule is COCCN(CCOC)C(C)Cc1cccc(N)c1. The molecular formula is C15H26N2O2. The third-order valence-corrected chi connectivity index (χ3v) is 3.27. The molecule has 0 saturated carbocycles. The van der Waals surface area contributed by atoms with Gasteiger partial charge in [-0.2, -0.15) is 0 Å². The highest BCUT2D eigenvalue weighted by Gasteiger charge is 2.14. The lowest BCUT2D eigenvalue weighted by atomic mass is 10.1. The van der Waals surface area contributed by atoms with E-state index in [9.17, 15) is 0 Å². The van der Waals surface area contributed by atoms with Crippen LogP contribution in [0.3, 0.4) is 0 Å². The quantitative estimate of drug-likeness (QED) is 0.692. The van der Waals surface area contributed by atoms with Crippen molar-refractivity contribution in [3.8, 4) is 0 Å². The summed E-state index contributed by atoms with van der Waals surface area (Å²) in [5.74, 6) is 0. The number of methoxy groups -OCH3 is 2. The molecule has 4 heteroatoms. The summed E-state index contributed by atoms with van der Waals surface area (Å²) >= 11 is 0. The van der Waals surface area contributed by atoms with Crippen molar-refractivity contribution in [1.82, 2.24) is 4.90 Å². The van der Waals surface area contributed by atoms with E-state index < -0.39 is 0 Å². The first-order valence-corrected chi connectivity index (χ1v) is 6.73. The van der Waals surface area contributed by atoms with E-state index in [0.717, 1.165) is 38.4 Å². The van der Waals surface area contributed by atoms with Crippen LogP contribution in [0.2, 0.25) is 0 Å². The zero-order chi connectivity index (χ0) is 14.1. The first-order valence-electron chi connectivity index (χ1n) is 6.73. The Hall–Kier alpha value is -1.10. The summed E-state index contributed by atoms with van der Waals surface area (Å²) in [6.07, 6.45) is 0.985. The maximum Gasteiger partial charge on any atom is 0.0589 e. The number of hydrogen-bond acceptors (Lipinski definition) is 4. The molecule has 0 spiro atoms. The molecule has 1 rings (SSSR count). The summed E-state index contributed by atoms with van der Waals surface area (Å²) in [5, 5.41) is 0. The van der Waals surface area contributed by atoms with Crippen LogP contribution in [0.5, 0.6) is 0 Å². The minimum absolute atomic E-state index is 0.437. The molecule has 0 heterocycles. The third-order valence-electron chi connectivity index (χ3n) is 3.27. The van der Waals surface area contributed by atoms with Gasteiger partial charge in [-0.25, -0.2) is 0 Å². The molecule has 0 radical (unpaired) electrons. The number of ether oxygens (including phenoxy) is 2. The highest BCUT2D eigenvalue weighted by Crippen LogP contribution is 2.12. The topological polar surface area (TPSA) is 47.7 Å². The largest absolute Gasteiger partial charge is 0.399 e. The summed E-state index contributed by atoms with van der Waals surface area (Å²) in [7, 11) is 3.47. The molecule has 0 aliphatic rings. The molecule has 1 atom stereocenters. The Labute approximate surface area is 116 Å². The first kappa shape index (κ1) is 16.0. The van der Waals surface area contributed by atoms with Crippen molar-refractivity contribution in [2.75, 3.05) is 46.3 Å². The Morgan fingerprint density at radius 2 is 1.79 bits per heavy atom. The molecule has 0 aliphatic carbocycles. The summed E-state index contributed by atoms with van der Waals surface area (Å²) in [4.78, 5) is 2.39. The number of nitrogens with zero attached hydrogens (tertiary/aromatic N) is 1. The number of benzene rings is 1. The fourth-order valence-electron chi connectivity index (χ4n) is 2.16. The summed E-state index contributed by atoms with van der Waals surface area (Å²) in [6, 6.07) is 8.53. The van der Waals surface area contributed by atoms with Crippen molar-refractivity contribution in [2.45, 2.75) is 19.4 Å². The third kappa shape index (κ3) is 6.05. The van der Waals surface area contributed by atoms with Crippen LogP contribution in [0.4, 0.5) is 5.69 Å². The van der Waals surface area contributed by atoms with Gasteiger partial charge in [-0.05, 0) is 31.0 Å². The molecule has 19 heavy (non-hydrogen) atoms. The van der Waals surface area contributed by atoms with E-state index in [4.69, 9.17) is 15.2 Å². The van der Waals surface area contributed by atoms with Gasteiger partial charge in [0.2, 0.25) is 0 Å². The molecule has 1 aromatic carbocycles. The van der Waals surface area contributed by atoms with Gasteiger partial charge in [-0.1, -0.05) is 12.1 Å². The number of nitrogens with two attached hydrogens (primary N) is 1. The van der Waals surface area contributed by atoms with Gasteiger partial charge in [0.05, 0.1) is 13.2 Å². The molecule has 0 aromatic heterocycles. The van der Waals surface area contributed by atoms with Gasteiger partial charge < -0.3 is 15.2 Å². The minimum Gasteiger partial charge on any atom is -0.399 e. The molecule has 0 amide bonds. The molecule has 2 N–H and O–H groups in total. The molecule has 0 fully saturated rings. The van der Waals surface area contributed by atoms with Gasteiger partial charge in [-0.15, -0.1) is 0 Å². The molecule has 1 aromatic rings. The van der Waals surface area contributed by atoms with E-state index >= 15 is 0 Å². The van der Waals surface area contributed by atoms with Crippen LogP contribution >= 0.6 is 0 Å². The van der Waals surface area contributed by atoms with Gasteiger partial charge in [0.15, 0.2) is 0 Å². The molecular weight excluding hydrogens is 240 g/mol. The van der Waals surface area contributed by atoms with E-state index in [1.165, 1.54) is 5.56 Å². The van der Waals surface area contributed by atoms with E-state index in [2.05, 4.69) is 17.9 Å². The van der Waals surface area contributed by atoms with E-state index in [-0.39, 0.29) is 0 Å². The lowest BCUT2D eigenvalue weighted by molar-refractivity contribution is 0.0919. The molecule has 4 nitrogen and oxygen atoms in total. The van der Waals surface area contributed by atoms with Gasteiger partial charge in [0, 0.05) is 39.0 Å². The van der Waals surface area contributed by atoms with Crippen LogP contribution < -0.4 is 5.73 Å². The summed E-state index contributed by atoms with van der Waals surface area (Å²) < 4.78 is 10.3. The van der Waals surface area contributed by atoms with Gasteiger partial charge in [0.25, 0.3) is 0 Å². The van der Waals surface area contributed by atoms with Crippen molar-refractivity contribution < 1.29 is 9.47 Å². The first-order chi connectivity index (χ1) is 9.17. The molecule has 0 saturated heterocycles. The van der Waals surface area contributed by atoms with Crippen LogP contribution in [0, 0.1) is 0 Å². The van der Waals surface area contributed by atoms with Crippen LogP contribution in [0.1, 0.15) is 12.5 Å². The second-order valence-corrected chi connectivity index (χ2v) is 4.82. The Bertz CT molecular complexity index is 350. The van der Waals surface area contributed by atoms with Crippen LogP contribution in [-0.4, -0.2) is 51.5 Å². The van der Waals surface area contributed by atoms with E-state index in [1.54, 1.807) is 14.2 Å². The lowest BCUT2D eigenvalue weighted by Gasteiger charge is -2.28. The van der Waals surface area contributed by atoms with Crippen LogP contribution in [0.15, 0.2) is 24.3 Å². The van der Waals surface area contributed by atoms with Crippen molar-refractivity contribution in [3.63, 3.8) is 0 Å². The lowest BCUT2D eigenvalue weighted by Crippen LogP contribution is -2.39. The van der Waals surface area contributed by atoms with Crippen molar-refractivity contribution in [3.05, 3.63) is 29.8 Å². The number of hydrogen-bond donors (Lipinski definition) is 1. The zero-order valence-corrected chi connectivity index (χ0v) is 12.3. The Morgan fingerprint density at radius 1 is 1.16 bits per heavy atom. The second-order valence-electron chi connectivity index (χ2n) is 4.82. The number of rotatable bonds is 9. The predicted octanol–water partition coefficient (Wildman–Crippen LogP) is 1.79. The van der Waals surface area contributed by atoms with Crippen LogP contribution in [0.25, 0.3) is 0 Å². The van der Waals surface area contributed by atoms with E-state index in [1.807, 2.05) is 18.2 Å². The fourth-order valence-corrected chi connectivity index (χ4v) is 2.16. The smallest absolute Gasteiger partial charge is 0.0589 e. The summed E-state index contributed by atoms with van der Waals surface area (Å²) in [5.41, 5.74) is 7.91. The monoisotopic (exact) mass is 266 g/mol. The predicted molar refractivity (Wildman–Crippen MR) is 79.3 cm³/mol. The molecule has 1 unspecified atom stereocenters. The van der Waals surface area contributed by atoms with Gasteiger partial charge >= 0.3 is 0 Å². The van der Waals surface area contributed by atoms with Crippen molar-refractivity contribution in [2.24, 2.45) is 0 Å². The normalized spacial score (nSPS) is 12.8. The molecule has 0 bridgehead atoms. The summed E-state index contributed by atoms with van der Waals surface area (Å²) in [6.45, 7) is 5.55. The second kappa shape index (κ2) is 8.91. The highest BCUT2D eigenvalue weighted by molar-refractivity contribution is 5.40. The standard InChI is InChI=1S/C15H26N2O2/c1-13(11-14-5-4-6-15(16)12-14)17(7-9-18-2)8-10-19-3/h4-6,12-13H,7-11,16H2,1-3H3. The molecule has 0 aliphatic heterocycles. The van der Waals surface area contributed by atoms with Gasteiger partial charge in [-0.3, -0.25) is 4.90 Å². The Kier molecular flexibility index (Phi) is 7.48. The average molecular weight is 266 g/mol. The minimum atomic E-state index is 0.437. The van der Waals surface area contributed by atoms with Gasteiger partial charge in [0.1, 0.15) is 0 Å². The maximum absolute atomic E-state index is 5.82. The van der Waals surface area contributed by atoms with Crippen molar-refractivity contribution in [1.29, 1.82) is 0 Å². The fraction of sp³-hybridized carbons (Fsp3) is 0.600. The van der Waals surface area contributed by atoms with E-state index in [0.29, 0.717) is 6.04 Å². The maximum atomic E-state index is 5.82.